The molecule has 1 aliphatic heterocycles. The highest BCUT2D eigenvalue weighted by Gasteiger charge is 2.38. The fourth-order valence-electron chi connectivity index (χ4n) is 2.06. The standard InChI is InChI=1S/C15H18ClN3O2/c1-15(2,3)11(17)12-18-13(20)10(14(21)19-12)8-6-4-5-7-9(8)16/h4-7,10-11H,17H2,1-3H3,(H,18,19,20,21). The van der Waals surface area contributed by atoms with Gasteiger partial charge in [0, 0.05) is 5.02 Å². The van der Waals surface area contributed by atoms with Crippen molar-refractivity contribution in [1.29, 1.82) is 0 Å². The van der Waals surface area contributed by atoms with Crippen LogP contribution in [0.5, 0.6) is 0 Å². The van der Waals surface area contributed by atoms with E-state index in [1.165, 1.54) is 0 Å². The summed E-state index contributed by atoms with van der Waals surface area (Å²) in [6.07, 6.45) is 0. The van der Waals surface area contributed by atoms with Gasteiger partial charge in [0.15, 0.2) is 0 Å². The lowest BCUT2D eigenvalue weighted by Crippen LogP contribution is -2.54. The highest BCUT2D eigenvalue weighted by molar-refractivity contribution is 6.32. The molecular weight excluding hydrogens is 290 g/mol. The van der Waals surface area contributed by atoms with Gasteiger partial charge in [-0.2, -0.15) is 4.99 Å². The van der Waals surface area contributed by atoms with E-state index in [0.717, 1.165) is 0 Å². The number of nitrogens with two attached hydrogens (primary N) is 1. The third-order valence-corrected chi connectivity index (χ3v) is 3.78. The van der Waals surface area contributed by atoms with Gasteiger partial charge < -0.3 is 11.1 Å². The molecule has 21 heavy (non-hydrogen) atoms. The molecule has 2 atom stereocenters. The fraction of sp³-hybridized carbons (Fsp3) is 0.400. The summed E-state index contributed by atoms with van der Waals surface area (Å²) in [6, 6.07) is 6.22. The maximum Gasteiger partial charge on any atom is 0.264 e. The average Bonchev–Trinajstić information content (AvgIpc) is 2.38. The molecule has 2 rings (SSSR count). The Morgan fingerprint density at radius 2 is 1.90 bits per heavy atom. The molecule has 2 unspecified atom stereocenters. The summed E-state index contributed by atoms with van der Waals surface area (Å²) in [7, 11) is 0. The molecule has 6 heteroatoms. The van der Waals surface area contributed by atoms with E-state index in [1.807, 2.05) is 20.8 Å². The van der Waals surface area contributed by atoms with Crippen LogP contribution in [0.2, 0.25) is 5.02 Å². The average molecular weight is 308 g/mol. The van der Waals surface area contributed by atoms with Crippen molar-refractivity contribution < 1.29 is 9.59 Å². The third-order valence-electron chi connectivity index (χ3n) is 3.43. The van der Waals surface area contributed by atoms with Crippen LogP contribution in [0.25, 0.3) is 0 Å². The molecule has 0 bridgehead atoms. The summed E-state index contributed by atoms with van der Waals surface area (Å²) in [5, 5.41) is 3.00. The topological polar surface area (TPSA) is 84.5 Å². The second kappa shape index (κ2) is 5.58. The first-order valence-electron chi connectivity index (χ1n) is 6.65. The molecule has 1 aromatic carbocycles. The number of rotatable bonds is 2. The number of carbonyl (C=O) groups is 2. The van der Waals surface area contributed by atoms with E-state index in [9.17, 15) is 9.59 Å². The van der Waals surface area contributed by atoms with Gasteiger partial charge in [0.05, 0.1) is 6.04 Å². The molecule has 1 aromatic rings. The summed E-state index contributed by atoms with van der Waals surface area (Å²) in [5.74, 6) is -1.80. The Bertz CT molecular complexity index is 620. The second-order valence-corrected chi connectivity index (χ2v) is 6.53. The molecule has 0 aromatic heterocycles. The Labute approximate surface area is 128 Å². The molecule has 0 saturated heterocycles. The van der Waals surface area contributed by atoms with Crippen LogP contribution in [0.1, 0.15) is 32.3 Å². The molecule has 1 heterocycles. The molecule has 0 fully saturated rings. The molecule has 2 amide bonds. The zero-order valence-corrected chi connectivity index (χ0v) is 12.9. The van der Waals surface area contributed by atoms with E-state index < -0.39 is 23.8 Å². The van der Waals surface area contributed by atoms with Gasteiger partial charge in [0.2, 0.25) is 5.91 Å². The minimum atomic E-state index is -1.02. The zero-order valence-electron chi connectivity index (χ0n) is 12.2. The Kier molecular flexibility index (Phi) is 4.16. The molecule has 112 valence electrons. The first kappa shape index (κ1) is 15.7. The Morgan fingerprint density at radius 1 is 1.29 bits per heavy atom. The summed E-state index contributed by atoms with van der Waals surface area (Å²) in [5.41, 5.74) is 6.18. The van der Waals surface area contributed by atoms with E-state index in [2.05, 4.69) is 10.3 Å². The lowest BCUT2D eigenvalue weighted by Gasteiger charge is -2.31. The number of amides is 2. The van der Waals surface area contributed by atoms with Gasteiger partial charge in [0.1, 0.15) is 11.8 Å². The number of benzene rings is 1. The maximum atomic E-state index is 12.3. The van der Waals surface area contributed by atoms with Crippen molar-refractivity contribution in [2.75, 3.05) is 0 Å². The molecule has 0 radical (unpaired) electrons. The molecule has 3 N–H and O–H groups in total. The van der Waals surface area contributed by atoms with E-state index >= 15 is 0 Å². The van der Waals surface area contributed by atoms with Gasteiger partial charge >= 0.3 is 0 Å². The minimum absolute atomic E-state index is 0.209. The highest BCUT2D eigenvalue weighted by atomic mass is 35.5. The molecule has 5 nitrogen and oxygen atoms in total. The van der Waals surface area contributed by atoms with Crippen molar-refractivity contribution in [2.24, 2.45) is 16.1 Å². The number of halogens is 1. The first-order valence-corrected chi connectivity index (χ1v) is 7.03. The second-order valence-electron chi connectivity index (χ2n) is 6.12. The lowest BCUT2D eigenvalue weighted by molar-refractivity contribution is -0.129. The predicted molar refractivity (Wildman–Crippen MR) is 82.2 cm³/mol. The number of amidine groups is 1. The maximum absolute atomic E-state index is 12.3. The number of hydrogen-bond donors (Lipinski definition) is 2. The highest BCUT2D eigenvalue weighted by Crippen LogP contribution is 2.28. The number of carbonyl (C=O) groups excluding carboxylic acids is 2. The van der Waals surface area contributed by atoms with Gasteiger partial charge in [-0.3, -0.25) is 9.59 Å². The smallest absolute Gasteiger partial charge is 0.264 e. The van der Waals surface area contributed by atoms with Crippen molar-refractivity contribution >= 4 is 29.3 Å². The van der Waals surface area contributed by atoms with Gasteiger partial charge in [-0.15, -0.1) is 0 Å². The SMILES string of the molecule is CC(C)(C)C(N)C1=NC(=O)C(c2ccccc2Cl)C(=O)N1. The van der Waals surface area contributed by atoms with Crippen LogP contribution in [0, 0.1) is 5.41 Å². The Balaban J connectivity index is 2.36. The summed E-state index contributed by atoms with van der Waals surface area (Å²) >= 11 is 6.05. The van der Waals surface area contributed by atoms with Crippen LogP contribution in [0.4, 0.5) is 0 Å². The summed E-state index contributed by atoms with van der Waals surface area (Å²) < 4.78 is 0. The molecular formula is C15H18ClN3O2. The van der Waals surface area contributed by atoms with E-state index in [0.29, 0.717) is 10.6 Å². The monoisotopic (exact) mass is 307 g/mol. The van der Waals surface area contributed by atoms with Gasteiger partial charge in [-0.25, -0.2) is 0 Å². The first-order chi connectivity index (χ1) is 9.71. The number of nitrogens with one attached hydrogen (secondary N) is 1. The number of aliphatic imine (C=N–C) groups is 1. The molecule has 0 aliphatic carbocycles. The quantitative estimate of drug-likeness (QED) is 0.818. The number of hydrogen-bond acceptors (Lipinski definition) is 3. The molecule has 0 spiro atoms. The fourth-order valence-corrected chi connectivity index (χ4v) is 2.31. The van der Waals surface area contributed by atoms with E-state index in [4.69, 9.17) is 17.3 Å². The van der Waals surface area contributed by atoms with Crippen LogP contribution in [0.15, 0.2) is 29.3 Å². The largest absolute Gasteiger partial charge is 0.321 e. The zero-order chi connectivity index (χ0) is 15.8. The number of nitrogens with zero attached hydrogens (tertiary/aromatic N) is 1. The Hall–Kier alpha value is -1.72. The predicted octanol–water partition coefficient (Wildman–Crippen LogP) is 1.85. The van der Waals surface area contributed by atoms with Gasteiger partial charge in [-0.05, 0) is 17.0 Å². The van der Waals surface area contributed by atoms with Crippen LogP contribution in [-0.4, -0.2) is 23.7 Å². The van der Waals surface area contributed by atoms with Gasteiger partial charge in [0.25, 0.3) is 5.91 Å². The lowest BCUT2D eigenvalue weighted by atomic mass is 9.85. The van der Waals surface area contributed by atoms with Crippen molar-refractivity contribution in [2.45, 2.75) is 32.7 Å². The molecule has 0 saturated carbocycles. The minimum Gasteiger partial charge on any atom is -0.321 e. The Morgan fingerprint density at radius 3 is 2.43 bits per heavy atom. The van der Waals surface area contributed by atoms with Gasteiger partial charge in [-0.1, -0.05) is 50.6 Å². The normalized spacial score (nSPS) is 20.8. The van der Waals surface area contributed by atoms with Crippen LogP contribution >= 0.6 is 11.6 Å². The molecule has 1 aliphatic rings. The van der Waals surface area contributed by atoms with Crippen molar-refractivity contribution in [3.05, 3.63) is 34.9 Å². The van der Waals surface area contributed by atoms with E-state index in [-0.39, 0.29) is 11.3 Å². The van der Waals surface area contributed by atoms with Crippen LogP contribution in [0.3, 0.4) is 0 Å². The van der Waals surface area contributed by atoms with Crippen molar-refractivity contribution in [3.8, 4) is 0 Å². The van der Waals surface area contributed by atoms with Crippen molar-refractivity contribution in [3.63, 3.8) is 0 Å². The van der Waals surface area contributed by atoms with Crippen LogP contribution in [-0.2, 0) is 9.59 Å². The summed E-state index contributed by atoms with van der Waals surface area (Å²) in [6.45, 7) is 5.74. The van der Waals surface area contributed by atoms with Crippen LogP contribution < -0.4 is 11.1 Å². The summed E-state index contributed by atoms with van der Waals surface area (Å²) in [4.78, 5) is 28.5. The third kappa shape index (κ3) is 3.14. The van der Waals surface area contributed by atoms with E-state index in [1.54, 1.807) is 24.3 Å². The van der Waals surface area contributed by atoms with Crippen molar-refractivity contribution in [1.82, 2.24) is 5.32 Å².